The molecule has 2 N–H and O–H groups in total. The molecule has 0 saturated carbocycles. The maximum Gasteiger partial charge on any atom is 0.255 e. The summed E-state index contributed by atoms with van der Waals surface area (Å²) in [6, 6.07) is 6.14. The number of benzene rings is 2. The van der Waals surface area contributed by atoms with Crippen molar-refractivity contribution in [1.29, 1.82) is 5.26 Å². The molecule has 0 fully saturated rings. The molecule has 2 aromatic carbocycles. The highest BCUT2D eigenvalue weighted by Gasteiger charge is 2.26. The molecule has 8 heteroatoms. The molecule has 0 atom stereocenters. The van der Waals surface area contributed by atoms with E-state index < -0.39 is 29.1 Å². The zero-order valence-corrected chi connectivity index (χ0v) is 12.8. The summed E-state index contributed by atoms with van der Waals surface area (Å²) in [4.78, 5) is 14.7. The van der Waals surface area contributed by atoms with E-state index in [0.717, 1.165) is 18.2 Å². The predicted molar refractivity (Wildman–Crippen MR) is 82.8 cm³/mol. The lowest BCUT2D eigenvalue weighted by Crippen LogP contribution is -2.20. The third-order valence-corrected chi connectivity index (χ3v) is 3.59. The third-order valence-electron chi connectivity index (χ3n) is 3.59. The Kier molecular flexibility index (Phi) is 4.07. The molecule has 25 heavy (non-hydrogen) atoms. The molecular weight excluding hydrogens is 335 g/mol. The maximum absolute atomic E-state index is 14.5. The highest BCUT2D eigenvalue weighted by molar-refractivity contribution is 6.09. The number of nitrogens with one attached hydrogen (secondary N) is 2. The van der Waals surface area contributed by atoms with Crippen LogP contribution in [0, 0.1) is 28.8 Å². The van der Waals surface area contributed by atoms with Crippen molar-refractivity contribution in [3.8, 4) is 17.6 Å². The van der Waals surface area contributed by atoms with Crippen molar-refractivity contribution in [2.24, 2.45) is 0 Å². The van der Waals surface area contributed by atoms with Crippen molar-refractivity contribution in [2.75, 3.05) is 7.05 Å². The number of aromatic amines is 1. The van der Waals surface area contributed by atoms with Crippen LogP contribution in [0.5, 0.6) is 11.5 Å². The first-order chi connectivity index (χ1) is 12.0. The smallest absolute Gasteiger partial charge is 0.255 e. The molecule has 0 aliphatic heterocycles. The van der Waals surface area contributed by atoms with E-state index in [-0.39, 0.29) is 27.8 Å². The summed E-state index contributed by atoms with van der Waals surface area (Å²) in [5.74, 6) is -4.84. The average molecular weight is 345 g/mol. The molecule has 0 unspecified atom stereocenters. The highest BCUT2D eigenvalue weighted by atomic mass is 19.2. The number of hydrogen-bond donors (Lipinski definition) is 2. The Balaban J connectivity index is 2.23. The molecule has 0 spiro atoms. The van der Waals surface area contributed by atoms with E-state index in [4.69, 9.17) is 10.00 Å². The van der Waals surface area contributed by atoms with Crippen LogP contribution in [-0.4, -0.2) is 17.9 Å². The maximum atomic E-state index is 14.5. The quantitative estimate of drug-likeness (QED) is 0.761. The zero-order valence-electron chi connectivity index (χ0n) is 12.8. The van der Waals surface area contributed by atoms with Gasteiger partial charge in [-0.15, -0.1) is 0 Å². The van der Waals surface area contributed by atoms with E-state index in [1.54, 1.807) is 6.07 Å². The number of nitrogens with zero attached hydrogens (tertiary/aromatic N) is 1. The minimum atomic E-state index is -1.38. The van der Waals surface area contributed by atoms with Gasteiger partial charge >= 0.3 is 0 Å². The Morgan fingerprint density at radius 2 is 2.00 bits per heavy atom. The fourth-order valence-corrected chi connectivity index (χ4v) is 2.42. The molecule has 0 bridgehead atoms. The SMILES string of the molecule is CNC(=O)c1c(Oc2ccc(F)c(C#N)c2)c(F)c(F)c2[nH]ccc12. The van der Waals surface area contributed by atoms with Crippen LogP contribution in [0.15, 0.2) is 30.5 Å². The van der Waals surface area contributed by atoms with Gasteiger partial charge in [-0.2, -0.15) is 9.65 Å². The predicted octanol–water partition coefficient (Wildman–Crippen LogP) is 3.61. The Morgan fingerprint density at radius 1 is 1.24 bits per heavy atom. The number of halogens is 3. The first-order valence-corrected chi connectivity index (χ1v) is 7.05. The van der Waals surface area contributed by atoms with Gasteiger partial charge in [-0.05, 0) is 18.2 Å². The van der Waals surface area contributed by atoms with Gasteiger partial charge in [-0.25, -0.2) is 8.78 Å². The van der Waals surface area contributed by atoms with Crippen LogP contribution >= 0.6 is 0 Å². The number of hydrogen-bond acceptors (Lipinski definition) is 3. The van der Waals surface area contributed by atoms with Gasteiger partial charge in [0.05, 0.1) is 16.6 Å². The molecule has 3 rings (SSSR count). The van der Waals surface area contributed by atoms with Gasteiger partial charge in [0.25, 0.3) is 5.91 Å². The Morgan fingerprint density at radius 3 is 2.68 bits per heavy atom. The van der Waals surface area contributed by atoms with E-state index in [1.165, 1.54) is 19.3 Å². The standard InChI is InChI=1S/C17H10F3N3O2/c1-22-17(24)12-10-4-5-23-15(10)13(19)14(20)16(12)25-9-2-3-11(18)8(6-9)7-21/h2-6,23H,1H3,(H,22,24). The molecule has 0 saturated heterocycles. The summed E-state index contributed by atoms with van der Waals surface area (Å²) < 4.78 is 47.4. The largest absolute Gasteiger partial charge is 0.453 e. The third kappa shape index (κ3) is 2.65. The van der Waals surface area contributed by atoms with Crippen molar-refractivity contribution in [3.05, 3.63) is 59.0 Å². The summed E-state index contributed by atoms with van der Waals surface area (Å²) in [5, 5.41) is 11.3. The minimum Gasteiger partial charge on any atom is -0.453 e. The van der Waals surface area contributed by atoms with Gasteiger partial charge in [0.2, 0.25) is 5.82 Å². The van der Waals surface area contributed by atoms with E-state index >= 15 is 0 Å². The molecule has 1 amide bonds. The highest BCUT2D eigenvalue weighted by Crippen LogP contribution is 2.36. The molecule has 1 aromatic heterocycles. The lowest BCUT2D eigenvalue weighted by atomic mass is 10.1. The average Bonchev–Trinajstić information content (AvgIpc) is 3.10. The Labute approximate surface area is 139 Å². The van der Waals surface area contributed by atoms with E-state index in [9.17, 15) is 18.0 Å². The molecule has 3 aromatic rings. The number of nitriles is 1. The lowest BCUT2D eigenvalue weighted by molar-refractivity contribution is 0.0961. The minimum absolute atomic E-state index is 0.115. The van der Waals surface area contributed by atoms with Gasteiger partial charge in [0, 0.05) is 24.7 Å². The number of amides is 1. The van der Waals surface area contributed by atoms with Crippen LogP contribution in [0.2, 0.25) is 0 Å². The number of ether oxygens (including phenoxy) is 1. The monoisotopic (exact) mass is 345 g/mol. The van der Waals surface area contributed by atoms with Crippen LogP contribution < -0.4 is 10.1 Å². The van der Waals surface area contributed by atoms with Gasteiger partial charge in [-0.1, -0.05) is 0 Å². The summed E-state index contributed by atoms with van der Waals surface area (Å²) in [6.45, 7) is 0. The molecule has 126 valence electrons. The van der Waals surface area contributed by atoms with E-state index in [1.807, 2.05) is 0 Å². The Hall–Kier alpha value is -3.47. The second-order valence-corrected chi connectivity index (χ2v) is 5.03. The number of aromatic nitrogens is 1. The van der Waals surface area contributed by atoms with Gasteiger partial charge in [-0.3, -0.25) is 4.79 Å². The second kappa shape index (κ2) is 6.20. The summed E-state index contributed by atoms with van der Waals surface area (Å²) >= 11 is 0. The number of carbonyl (C=O) groups is 1. The van der Waals surface area contributed by atoms with Crippen LogP contribution in [0.4, 0.5) is 13.2 Å². The molecule has 0 aliphatic rings. The summed E-state index contributed by atoms with van der Waals surface area (Å²) in [6.07, 6.45) is 1.36. The van der Waals surface area contributed by atoms with Crippen LogP contribution in [0.3, 0.4) is 0 Å². The van der Waals surface area contributed by atoms with Crippen molar-refractivity contribution in [1.82, 2.24) is 10.3 Å². The summed E-state index contributed by atoms with van der Waals surface area (Å²) in [5.41, 5.74) is -0.733. The van der Waals surface area contributed by atoms with Crippen LogP contribution in [0.1, 0.15) is 15.9 Å². The Bertz CT molecular complexity index is 1040. The first kappa shape index (κ1) is 16.4. The van der Waals surface area contributed by atoms with E-state index in [0.29, 0.717) is 0 Å². The van der Waals surface area contributed by atoms with Crippen LogP contribution in [0.25, 0.3) is 10.9 Å². The molecule has 1 heterocycles. The van der Waals surface area contributed by atoms with E-state index in [2.05, 4.69) is 10.3 Å². The number of rotatable bonds is 3. The molecule has 5 nitrogen and oxygen atoms in total. The van der Waals surface area contributed by atoms with Crippen molar-refractivity contribution >= 4 is 16.8 Å². The van der Waals surface area contributed by atoms with Gasteiger partial charge < -0.3 is 15.0 Å². The van der Waals surface area contributed by atoms with Gasteiger partial charge in [0.15, 0.2) is 11.6 Å². The van der Waals surface area contributed by atoms with Crippen molar-refractivity contribution in [3.63, 3.8) is 0 Å². The second-order valence-electron chi connectivity index (χ2n) is 5.03. The fourth-order valence-electron chi connectivity index (χ4n) is 2.42. The normalized spacial score (nSPS) is 10.5. The van der Waals surface area contributed by atoms with Crippen molar-refractivity contribution in [2.45, 2.75) is 0 Å². The topological polar surface area (TPSA) is 77.9 Å². The zero-order chi connectivity index (χ0) is 18.1. The molecular formula is C17H10F3N3O2. The van der Waals surface area contributed by atoms with Crippen LogP contribution in [-0.2, 0) is 0 Å². The number of fused-ring (bicyclic) bond motifs is 1. The lowest BCUT2D eigenvalue weighted by Gasteiger charge is -2.14. The summed E-state index contributed by atoms with van der Waals surface area (Å²) in [7, 11) is 1.33. The first-order valence-electron chi connectivity index (χ1n) is 7.05. The van der Waals surface area contributed by atoms with Gasteiger partial charge in [0.1, 0.15) is 17.6 Å². The molecule has 0 aliphatic carbocycles. The van der Waals surface area contributed by atoms with Crippen molar-refractivity contribution < 1.29 is 22.7 Å². The number of carbonyl (C=O) groups excluding carboxylic acids is 1. The number of H-pyrrole nitrogens is 1. The fraction of sp³-hybridized carbons (Fsp3) is 0.0588. The molecule has 0 radical (unpaired) electrons.